The summed E-state index contributed by atoms with van der Waals surface area (Å²) in [6, 6.07) is 4.64. The second-order valence-corrected chi connectivity index (χ2v) is 4.47. The number of hydrogen-bond donors (Lipinski definition) is 1. The molecule has 1 aromatic carbocycles. The van der Waals surface area contributed by atoms with Crippen molar-refractivity contribution in [1.29, 1.82) is 0 Å². The molecular formula is C13H11FN2OS. The maximum absolute atomic E-state index is 13.4. The number of nitrogens with two attached hydrogens (primary N) is 1. The lowest BCUT2D eigenvalue weighted by atomic mass is 10.1. The van der Waals surface area contributed by atoms with Crippen molar-refractivity contribution in [2.24, 2.45) is 5.73 Å². The lowest BCUT2D eigenvalue weighted by Gasteiger charge is -2.03. The highest BCUT2D eigenvalue weighted by Crippen LogP contribution is 2.10. The highest BCUT2D eigenvalue weighted by molar-refractivity contribution is 7.07. The summed E-state index contributed by atoms with van der Waals surface area (Å²) in [5.74, 6) is 4.91. The molecule has 0 radical (unpaired) electrons. The zero-order chi connectivity index (χ0) is 13.0. The summed E-state index contributed by atoms with van der Waals surface area (Å²) in [7, 11) is 0. The van der Waals surface area contributed by atoms with Crippen LogP contribution in [0.25, 0.3) is 0 Å². The molecule has 5 heteroatoms. The summed E-state index contributed by atoms with van der Waals surface area (Å²) in [6.07, 6.45) is 1.71. The van der Waals surface area contributed by atoms with Crippen LogP contribution in [-0.2, 0) is 6.54 Å². The van der Waals surface area contributed by atoms with E-state index < -0.39 is 0 Å². The van der Waals surface area contributed by atoms with Gasteiger partial charge >= 0.3 is 4.87 Å². The summed E-state index contributed by atoms with van der Waals surface area (Å²) in [5, 5.41) is 1.72. The molecule has 2 rings (SSSR count). The van der Waals surface area contributed by atoms with Crippen molar-refractivity contribution in [2.45, 2.75) is 6.54 Å². The summed E-state index contributed by atoms with van der Waals surface area (Å²) in [6.45, 7) is 0.605. The van der Waals surface area contributed by atoms with Crippen LogP contribution < -0.4 is 10.6 Å². The quantitative estimate of drug-likeness (QED) is 0.832. The summed E-state index contributed by atoms with van der Waals surface area (Å²) >= 11 is 1.13. The minimum absolute atomic E-state index is 0.0334. The van der Waals surface area contributed by atoms with E-state index in [1.165, 1.54) is 6.07 Å². The van der Waals surface area contributed by atoms with Gasteiger partial charge in [0.2, 0.25) is 0 Å². The average Bonchev–Trinajstić information content (AvgIpc) is 2.76. The molecule has 0 bridgehead atoms. The van der Waals surface area contributed by atoms with Crippen LogP contribution in [-0.4, -0.2) is 11.1 Å². The maximum Gasteiger partial charge on any atom is 0.307 e. The molecule has 18 heavy (non-hydrogen) atoms. The Labute approximate surface area is 108 Å². The number of hydrogen-bond acceptors (Lipinski definition) is 3. The van der Waals surface area contributed by atoms with E-state index in [2.05, 4.69) is 11.8 Å². The normalized spacial score (nSPS) is 9.89. The van der Waals surface area contributed by atoms with Crippen LogP contribution in [0.3, 0.4) is 0 Å². The Morgan fingerprint density at radius 3 is 2.94 bits per heavy atom. The first-order chi connectivity index (χ1) is 8.70. The maximum atomic E-state index is 13.4. The van der Waals surface area contributed by atoms with Crippen LogP contribution >= 0.6 is 11.3 Å². The lowest BCUT2D eigenvalue weighted by molar-refractivity contribution is 0.622. The van der Waals surface area contributed by atoms with Gasteiger partial charge < -0.3 is 10.3 Å². The first-order valence-corrected chi connectivity index (χ1v) is 6.20. The van der Waals surface area contributed by atoms with E-state index in [-0.39, 0.29) is 17.2 Å². The van der Waals surface area contributed by atoms with Gasteiger partial charge in [0.25, 0.3) is 0 Å². The topological polar surface area (TPSA) is 48.0 Å². The van der Waals surface area contributed by atoms with Gasteiger partial charge in [0, 0.05) is 11.6 Å². The monoisotopic (exact) mass is 262 g/mol. The largest absolute Gasteiger partial charge is 0.320 e. The zero-order valence-electron chi connectivity index (χ0n) is 9.52. The molecule has 0 saturated heterocycles. The van der Waals surface area contributed by atoms with Crippen LogP contribution in [0.15, 0.2) is 34.6 Å². The van der Waals surface area contributed by atoms with Gasteiger partial charge in [-0.15, -0.1) is 0 Å². The number of halogens is 1. The van der Waals surface area contributed by atoms with Crippen molar-refractivity contribution in [3.8, 4) is 11.8 Å². The lowest BCUT2D eigenvalue weighted by Crippen LogP contribution is -2.12. The van der Waals surface area contributed by atoms with E-state index in [0.29, 0.717) is 12.1 Å². The number of aromatic nitrogens is 1. The second kappa shape index (κ2) is 5.63. The van der Waals surface area contributed by atoms with E-state index in [0.717, 1.165) is 16.9 Å². The molecule has 1 aromatic heterocycles. The molecule has 0 saturated carbocycles. The third kappa shape index (κ3) is 2.86. The molecule has 0 aliphatic heterocycles. The smallest absolute Gasteiger partial charge is 0.307 e. The van der Waals surface area contributed by atoms with Crippen LogP contribution in [0.4, 0.5) is 4.39 Å². The molecule has 3 nitrogen and oxygen atoms in total. The second-order valence-electron chi connectivity index (χ2n) is 3.62. The SMILES string of the molecule is NCC#Cc1cc(Cn2ccsc2=O)ccc1F. The Kier molecular flexibility index (Phi) is 3.92. The van der Waals surface area contributed by atoms with Gasteiger partial charge in [-0.05, 0) is 17.7 Å². The van der Waals surface area contributed by atoms with Crippen molar-refractivity contribution in [1.82, 2.24) is 4.57 Å². The van der Waals surface area contributed by atoms with Gasteiger partial charge in [0.1, 0.15) is 5.82 Å². The molecule has 0 aliphatic rings. The molecule has 0 fully saturated rings. The standard InChI is InChI=1S/C13H11FN2OS/c14-12-4-3-10(8-11(12)2-1-5-15)9-16-6-7-18-13(16)17/h3-4,6-8H,5,9,15H2. The molecular weight excluding hydrogens is 251 g/mol. The van der Waals surface area contributed by atoms with Crippen molar-refractivity contribution >= 4 is 11.3 Å². The molecule has 0 atom stereocenters. The predicted molar refractivity (Wildman–Crippen MR) is 70.0 cm³/mol. The minimum atomic E-state index is -0.377. The van der Waals surface area contributed by atoms with Gasteiger partial charge in [-0.3, -0.25) is 4.79 Å². The Balaban J connectivity index is 2.30. The number of rotatable bonds is 2. The first-order valence-electron chi connectivity index (χ1n) is 5.32. The van der Waals surface area contributed by atoms with E-state index in [1.807, 2.05) is 0 Å². The fourth-order valence-electron chi connectivity index (χ4n) is 1.52. The molecule has 0 spiro atoms. The average molecular weight is 262 g/mol. The van der Waals surface area contributed by atoms with Gasteiger partial charge in [-0.1, -0.05) is 29.2 Å². The molecule has 0 unspecified atom stereocenters. The Morgan fingerprint density at radius 1 is 1.44 bits per heavy atom. The fourth-order valence-corrected chi connectivity index (χ4v) is 2.10. The Hall–Kier alpha value is -1.90. The van der Waals surface area contributed by atoms with Crippen LogP contribution in [0.2, 0.25) is 0 Å². The molecule has 1 heterocycles. The van der Waals surface area contributed by atoms with E-state index in [1.54, 1.807) is 28.3 Å². The zero-order valence-corrected chi connectivity index (χ0v) is 10.3. The van der Waals surface area contributed by atoms with Crippen LogP contribution in [0, 0.1) is 17.7 Å². The fraction of sp³-hybridized carbons (Fsp3) is 0.154. The van der Waals surface area contributed by atoms with Crippen molar-refractivity contribution in [3.05, 3.63) is 56.4 Å². The van der Waals surface area contributed by atoms with E-state index in [4.69, 9.17) is 5.73 Å². The molecule has 0 amide bonds. The van der Waals surface area contributed by atoms with E-state index in [9.17, 15) is 9.18 Å². The van der Waals surface area contributed by atoms with Gasteiger partial charge in [-0.2, -0.15) is 0 Å². The number of benzene rings is 1. The molecule has 2 aromatic rings. The third-order valence-corrected chi connectivity index (χ3v) is 3.05. The predicted octanol–water partition coefficient (Wildman–Crippen LogP) is 1.41. The van der Waals surface area contributed by atoms with Gasteiger partial charge in [0.05, 0.1) is 18.7 Å². The van der Waals surface area contributed by atoms with E-state index >= 15 is 0 Å². The molecule has 0 aliphatic carbocycles. The summed E-state index contributed by atoms with van der Waals surface area (Å²) in [4.78, 5) is 11.4. The van der Waals surface area contributed by atoms with Gasteiger partial charge in [0.15, 0.2) is 0 Å². The minimum Gasteiger partial charge on any atom is -0.320 e. The highest BCUT2D eigenvalue weighted by atomic mass is 32.1. The van der Waals surface area contributed by atoms with Crippen molar-refractivity contribution < 1.29 is 4.39 Å². The Morgan fingerprint density at radius 2 is 2.28 bits per heavy atom. The highest BCUT2D eigenvalue weighted by Gasteiger charge is 2.03. The van der Waals surface area contributed by atoms with Crippen LogP contribution in [0.5, 0.6) is 0 Å². The van der Waals surface area contributed by atoms with Crippen molar-refractivity contribution in [3.63, 3.8) is 0 Å². The first kappa shape index (κ1) is 12.6. The molecule has 2 N–H and O–H groups in total. The number of thiazole rings is 1. The molecule has 92 valence electrons. The summed E-state index contributed by atoms with van der Waals surface area (Å²) < 4.78 is 15.0. The van der Waals surface area contributed by atoms with Gasteiger partial charge in [-0.25, -0.2) is 4.39 Å². The Bertz CT molecular complexity index is 663. The summed E-state index contributed by atoms with van der Waals surface area (Å²) in [5.41, 5.74) is 6.39. The third-order valence-electron chi connectivity index (χ3n) is 2.35. The number of nitrogens with zero attached hydrogens (tertiary/aromatic N) is 1. The van der Waals surface area contributed by atoms with Crippen LogP contribution in [0.1, 0.15) is 11.1 Å². The van der Waals surface area contributed by atoms with Crippen molar-refractivity contribution in [2.75, 3.05) is 6.54 Å².